The fourth-order valence-electron chi connectivity index (χ4n) is 1.41. The number of carboxylic acid groups (broad SMARTS) is 1. The van der Waals surface area contributed by atoms with Crippen molar-refractivity contribution in [3.05, 3.63) is 35.8 Å². The van der Waals surface area contributed by atoms with Gasteiger partial charge in [0, 0.05) is 0 Å². The van der Waals surface area contributed by atoms with E-state index in [9.17, 15) is 18.0 Å². The van der Waals surface area contributed by atoms with E-state index in [2.05, 4.69) is 4.98 Å². The lowest BCUT2D eigenvalue weighted by Crippen LogP contribution is -2.14. The molecule has 0 saturated carbocycles. The third-order valence-corrected chi connectivity index (χ3v) is 2.04. The van der Waals surface area contributed by atoms with Crippen molar-refractivity contribution < 1.29 is 23.1 Å². The Kier molecular flexibility index (Phi) is 2.11. The minimum absolute atomic E-state index is 0.0489. The predicted octanol–water partition coefficient (Wildman–Crippen LogP) is 2.05. The second kappa shape index (κ2) is 3.22. The number of halogens is 3. The zero-order chi connectivity index (χ0) is 11.9. The number of rotatable bonds is 1. The van der Waals surface area contributed by atoms with Crippen LogP contribution in [-0.4, -0.2) is 20.5 Å². The van der Waals surface area contributed by atoms with Crippen LogP contribution in [0.15, 0.2) is 24.4 Å². The zero-order valence-corrected chi connectivity index (χ0v) is 7.69. The standard InChI is InChI=1S/C9H5F3N2O2/c10-9(11,12)6-2-1-3-7-13-4-5(8(15)16)14(6)7/h1-4H,(H,15,16). The summed E-state index contributed by atoms with van der Waals surface area (Å²) in [5, 5.41) is 8.73. The highest BCUT2D eigenvalue weighted by Gasteiger charge is 2.34. The van der Waals surface area contributed by atoms with E-state index in [1.54, 1.807) is 0 Å². The van der Waals surface area contributed by atoms with Gasteiger partial charge in [-0.15, -0.1) is 0 Å². The first-order valence-corrected chi connectivity index (χ1v) is 4.18. The van der Waals surface area contributed by atoms with Crippen molar-refractivity contribution in [1.82, 2.24) is 9.38 Å². The molecular formula is C9H5F3N2O2. The summed E-state index contributed by atoms with van der Waals surface area (Å²) < 4.78 is 38.4. The number of aromatic carboxylic acids is 1. The van der Waals surface area contributed by atoms with Crippen LogP contribution >= 0.6 is 0 Å². The average molecular weight is 230 g/mol. The molecule has 16 heavy (non-hydrogen) atoms. The molecule has 2 heterocycles. The molecule has 0 radical (unpaired) electrons. The zero-order valence-electron chi connectivity index (χ0n) is 7.69. The molecule has 0 fully saturated rings. The minimum Gasteiger partial charge on any atom is -0.477 e. The Bertz CT molecular complexity index is 559. The van der Waals surface area contributed by atoms with Crippen molar-refractivity contribution >= 4 is 11.6 Å². The number of nitrogens with zero attached hydrogens (tertiary/aromatic N) is 2. The highest BCUT2D eigenvalue weighted by molar-refractivity contribution is 5.86. The molecule has 0 aliphatic carbocycles. The van der Waals surface area contributed by atoms with E-state index in [1.165, 1.54) is 12.1 Å². The maximum atomic E-state index is 12.6. The van der Waals surface area contributed by atoms with Crippen molar-refractivity contribution in [3.63, 3.8) is 0 Å². The van der Waals surface area contributed by atoms with Crippen molar-refractivity contribution in [2.45, 2.75) is 6.18 Å². The van der Waals surface area contributed by atoms with Crippen molar-refractivity contribution in [2.75, 3.05) is 0 Å². The van der Waals surface area contributed by atoms with Crippen LogP contribution in [0, 0.1) is 0 Å². The molecule has 0 amide bonds. The molecule has 0 atom stereocenters. The lowest BCUT2D eigenvalue weighted by molar-refractivity contribution is -0.142. The molecule has 2 aromatic rings. The van der Waals surface area contributed by atoms with Gasteiger partial charge in [0.25, 0.3) is 0 Å². The largest absolute Gasteiger partial charge is 0.477 e. The summed E-state index contributed by atoms with van der Waals surface area (Å²) in [5.74, 6) is -1.45. The molecule has 0 aliphatic rings. The van der Waals surface area contributed by atoms with Crippen molar-refractivity contribution in [3.8, 4) is 0 Å². The molecule has 0 unspecified atom stereocenters. The van der Waals surface area contributed by atoms with E-state index in [0.717, 1.165) is 12.3 Å². The van der Waals surface area contributed by atoms with E-state index in [1.807, 2.05) is 0 Å². The van der Waals surface area contributed by atoms with E-state index in [4.69, 9.17) is 5.11 Å². The summed E-state index contributed by atoms with van der Waals surface area (Å²) in [5.41, 5.74) is -1.62. The Hall–Kier alpha value is -2.05. The summed E-state index contributed by atoms with van der Waals surface area (Å²) >= 11 is 0. The van der Waals surface area contributed by atoms with Crippen LogP contribution in [0.1, 0.15) is 16.2 Å². The number of imidazole rings is 1. The molecule has 0 spiro atoms. The topological polar surface area (TPSA) is 54.6 Å². The lowest BCUT2D eigenvalue weighted by atomic mass is 10.3. The number of hydrogen-bond acceptors (Lipinski definition) is 2. The third-order valence-electron chi connectivity index (χ3n) is 2.04. The quantitative estimate of drug-likeness (QED) is 0.815. The first kappa shape index (κ1) is 10.5. The Labute approximate surface area is 87.0 Å². The molecule has 0 aromatic carbocycles. The van der Waals surface area contributed by atoms with E-state index >= 15 is 0 Å². The fourth-order valence-corrected chi connectivity index (χ4v) is 1.41. The van der Waals surface area contributed by atoms with Gasteiger partial charge in [0.15, 0.2) is 5.69 Å². The number of pyridine rings is 1. The highest BCUT2D eigenvalue weighted by Crippen LogP contribution is 2.30. The molecule has 1 N–H and O–H groups in total. The van der Waals surface area contributed by atoms with Gasteiger partial charge in [-0.2, -0.15) is 13.2 Å². The summed E-state index contributed by atoms with van der Waals surface area (Å²) in [7, 11) is 0. The Morgan fingerprint density at radius 2 is 2.06 bits per heavy atom. The van der Waals surface area contributed by atoms with Gasteiger partial charge in [-0.05, 0) is 12.1 Å². The molecule has 7 heteroatoms. The molecular weight excluding hydrogens is 225 g/mol. The first-order chi connectivity index (χ1) is 7.41. The van der Waals surface area contributed by atoms with Gasteiger partial charge >= 0.3 is 12.1 Å². The summed E-state index contributed by atoms with van der Waals surface area (Å²) in [4.78, 5) is 14.3. The maximum Gasteiger partial charge on any atom is 0.431 e. The molecule has 0 saturated heterocycles. The van der Waals surface area contributed by atoms with Crippen LogP contribution < -0.4 is 0 Å². The normalized spacial score (nSPS) is 11.9. The van der Waals surface area contributed by atoms with Crippen LogP contribution in [0.3, 0.4) is 0 Å². The monoisotopic (exact) mass is 230 g/mol. The van der Waals surface area contributed by atoms with Gasteiger partial charge in [-0.25, -0.2) is 9.78 Å². The number of aromatic nitrogens is 2. The summed E-state index contributed by atoms with van der Waals surface area (Å²) in [6, 6.07) is 3.29. The predicted molar refractivity (Wildman–Crippen MR) is 47.2 cm³/mol. The second-order valence-corrected chi connectivity index (χ2v) is 3.05. The van der Waals surface area contributed by atoms with E-state index in [0.29, 0.717) is 4.40 Å². The van der Waals surface area contributed by atoms with Crippen molar-refractivity contribution in [1.29, 1.82) is 0 Å². The number of fused-ring (bicyclic) bond motifs is 1. The number of carboxylic acids is 1. The lowest BCUT2D eigenvalue weighted by Gasteiger charge is -2.10. The Morgan fingerprint density at radius 3 is 2.62 bits per heavy atom. The molecule has 4 nitrogen and oxygen atoms in total. The van der Waals surface area contributed by atoms with Gasteiger partial charge in [-0.3, -0.25) is 4.40 Å². The number of carbonyl (C=O) groups is 1. The minimum atomic E-state index is -4.62. The van der Waals surface area contributed by atoms with E-state index < -0.39 is 23.5 Å². The maximum absolute atomic E-state index is 12.6. The molecule has 0 bridgehead atoms. The second-order valence-electron chi connectivity index (χ2n) is 3.05. The van der Waals surface area contributed by atoms with Gasteiger partial charge < -0.3 is 5.11 Å². The van der Waals surface area contributed by atoms with Gasteiger partial charge in [-0.1, -0.05) is 6.07 Å². The van der Waals surface area contributed by atoms with Crippen LogP contribution in [0.4, 0.5) is 13.2 Å². The van der Waals surface area contributed by atoms with E-state index in [-0.39, 0.29) is 5.65 Å². The van der Waals surface area contributed by atoms with Gasteiger partial charge in [0.05, 0.1) is 6.20 Å². The molecule has 0 aliphatic heterocycles. The van der Waals surface area contributed by atoms with Crippen LogP contribution in [-0.2, 0) is 6.18 Å². The van der Waals surface area contributed by atoms with Gasteiger partial charge in [0.1, 0.15) is 11.3 Å². The Balaban J connectivity index is 2.84. The first-order valence-electron chi connectivity index (χ1n) is 4.18. The summed E-state index contributed by atoms with van der Waals surface area (Å²) in [6.45, 7) is 0. The average Bonchev–Trinajstić information content (AvgIpc) is 2.58. The highest BCUT2D eigenvalue weighted by atomic mass is 19.4. The van der Waals surface area contributed by atoms with Crippen LogP contribution in [0.2, 0.25) is 0 Å². The number of alkyl halides is 3. The fraction of sp³-hybridized carbons (Fsp3) is 0.111. The Morgan fingerprint density at radius 1 is 1.38 bits per heavy atom. The van der Waals surface area contributed by atoms with Crippen LogP contribution in [0.25, 0.3) is 5.65 Å². The molecule has 84 valence electrons. The third kappa shape index (κ3) is 1.50. The molecule has 2 rings (SSSR count). The smallest absolute Gasteiger partial charge is 0.431 e. The summed E-state index contributed by atoms with van der Waals surface area (Å²) in [6.07, 6.45) is -3.72. The molecule has 2 aromatic heterocycles. The van der Waals surface area contributed by atoms with Crippen LogP contribution in [0.5, 0.6) is 0 Å². The SMILES string of the molecule is O=C(O)c1cnc2cccc(C(F)(F)F)n12. The van der Waals surface area contributed by atoms with Crippen molar-refractivity contribution in [2.24, 2.45) is 0 Å². The number of hydrogen-bond donors (Lipinski definition) is 1. The van der Waals surface area contributed by atoms with Gasteiger partial charge in [0.2, 0.25) is 0 Å².